The molecule has 0 aliphatic rings. The van der Waals surface area contributed by atoms with Crippen molar-refractivity contribution in [3.63, 3.8) is 0 Å². The van der Waals surface area contributed by atoms with Crippen LogP contribution >= 0.6 is 0 Å². The molecule has 2 aromatic heterocycles. The highest BCUT2D eigenvalue weighted by atomic mass is 16.5. The van der Waals surface area contributed by atoms with Crippen LogP contribution in [0.1, 0.15) is 49.0 Å². The molecule has 0 fully saturated rings. The predicted molar refractivity (Wildman–Crippen MR) is 85.6 cm³/mol. The second-order valence-electron chi connectivity index (χ2n) is 6.11. The molecule has 1 N–H and O–H groups in total. The molecule has 9 heteroatoms. The lowest BCUT2D eigenvalue weighted by Gasteiger charge is -2.12. The second kappa shape index (κ2) is 6.81. The molecule has 0 aromatic carbocycles. The summed E-state index contributed by atoms with van der Waals surface area (Å²) in [6, 6.07) is 0.562. The van der Waals surface area contributed by atoms with Crippen molar-refractivity contribution in [2.24, 2.45) is 20.0 Å². The third-order valence-electron chi connectivity index (χ3n) is 3.55. The van der Waals surface area contributed by atoms with Crippen LogP contribution in [0.4, 0.5) is 0 Å². The molecule has 0 aliphatic heterocycles. The molecule has 24 heavy (non-hydrogen) atoms. The summed E-state index contributed by atoms with van der Waals surface area (Å²) in [5.74, 6) is 0.661. The average Bonchev–Trinajstić information content (AvgIpc) is 2.96. The molecule has 9 nitrogen and oxygen atoms in total. The van der Waals surface area contributed by atoms with Gasteiger partial charge in [-0.2, -0.15) is 4.98 Å². The van der Waals surface area contributed by atoms with E-state index in [-0.39, 0.29) is 11.6 Å². The first-order chi connectivity index (χ1) is 11.2. The first-order valence-electron chi connectivity index (χ1n) is 7.61. The maximum absolute atomic E-state index is 12.3. The van der Waals surface area contributed by atoms with E-state index in [4.69, 9.17) is 4.52 Å². The number of carbonyl (C=O) groups is 1. The molecular weight excluding hydrogens is 314 g/mol. The number of carbonyl (C=O) groups excluding carboxylic acids is 1. The first kappa shape index (κ1) is 17.6. The van der Waals surface area contributed by atoms with E-state index < -0.39 is 23.2 Å². The molecule has 130 valence electrons. The molecule has 0 saturated carbocycles. The van der Waals surface area contributed by atoms with Gasteiger partial charge in [0.1, 0.15) is 11.7 Å². The number of hydrogen-bond acceptors (Lipinski definition) is 6. The minimum Gasteiger partial charge on any atom is -0.339 e. The van der Waals surface area contributed by atoms with Crippen LogP contribution in [0.2, 0.25) is 0 Å². The van der Waals surface area contributed by atoms with E-state index in [0.29, 0.717) is 18.2 Å². The minimum absolute atomic E-state index is 0.0307. The SMILES string of the molecule is CC(C)Cc1noc(C(C)NC(=O)c2cc(=O)n(C)c(=O)n2C)n1. The normalized spacial score (nSPS) is 12.4. The summed E-state index contributed by atoms with van der Waals surface area (Å²) in [6.07, 6.45) is 0.674. The largest absolute Gasteiger partial charge is 0.339 e. The smallest absolute Gasteiger partial charge is 0.331 e. The van der Waals surface area contributed by atoms with Gasteiger partial charge in [-0.05, 0) is 12.8 Å². The fraction of sp³-hybridized carbons (Fsp3) is 0.533. The molecule has 1 unspecified atom stereocenters. The summed E-state index contributed by atoms with van der Waals surface area (Å²) in [7, 11) is 2.78. The lowest BCUT2D eigenvalue weighted by molar-refractivity contribution is 0.0922. The highest BCUT2D eigenvalue weighted by Crippen LogP contribution is 2.12. The van der Waals surface area contributed by atoms with Crippen molar-refractivity contribution in [2.75, 3.05) is 0 Å². The zero-order chi connectivity index (χ0) is 18.0. The monoisotopic (exact) mass is 335 g/mol. The molecule has 2 aromatic rings. The number of nitrogens with zero attached hydrogens (tertiary/aromatic N) is 4. The molecule has 0 saturated heterocycles. The Bertz CT molecular complexity index is 861. The Morgan fingerprint density at radius 3 is 2.54 bits per heavy atom. The van der Waals surface area contributed by atoms with Gasteiger partial charge in [0.05, 0.1) is 0 Å². The van der Waals surface area contributed by atoms with Crippen molar-refractivity contribution in [1.82, 2.24) is 24.6 Å². The molecular formula is C15H21N5O4. The number of hydrogen-bond donors (Lipinski definition) is 1. The lowest BCUT2D eigenvalue weighted by Crippen LogP contribution is -2.41. The van der Waals surface area contributed by atoms with Crippen LogP contribution in [0.5, 0.6) is 0 Å². The van der Waals surface area contributed by atoms with Crippen molar-refractivity contribution in [2.45, 2.75) is 33.2 Å². The van der Waals surface area contributed by atoms with Gasteiger partial charge in [-0.15, -0.1) is 0 Å². The van der Waals surface area contributed by atoms with E-state index in [9.17, 15) is 14.4 Å². The van der Waals surface area contributed by atoms with E-state index >= 15 is 0 Å². The fourth-order valence-corrected chi connectivity index (χ4v) is 2.17. The van der Waals surface area contributed by atoms with Gasteiger partial charge in [0.25, 0.3) is 11.5 Å². The van der Waals surface area contributed by atoms with Crippen molar-refractivity contribution in [3.05, 3.63) is 44.3 Å². The molecule has 0 radical (unpaired) electrons. The Morgan fingerprint density at radius 1 is 1.25 bits per heavy atom. The van der Waals surface area contributed by atoms with E-state index in [1.807, 2.05) is 13.8 Å². The zero-order valence-electron chi connectivity index (χ0n) is 14.4. The van der Waals surface area contributed by atoms with Crippen LogP contribution in [-0.2, 0) is 20.5 Å². The van der Waals surface area contributed by atoms with Crippen LogP contribution in [-0.4, -0.2) is 25.2 Å². The lowest BCUT2D eigenvalue weighted by atomic mass is 10.1. The summed E-state index contributed by atoms with van der Waals surface area (Å²) in [6.45, 7) is 5.76. The quantitative estimate of drug-likeness (QED) is 0.833. The van der Waals surface area contributed by atoms with Crippen molar-refractivity contribution < 1.29 is 9.32 Å². The van der Waals surface area contributed by atoms with Crippen LogP contribution in [0, 0.1) is 5.92 Å². The number of aromatic nitrogens is 4. The van der Waals surface area contributed by atoms with Crippen LogP contribution in [0.3, 0.4) is 0 Å². The molecule has 2 rings (SSSR count). The van der Waals surface area contributed by atoms with Crippen molar-refractivity contribution >= 4 is 5.91 Å². The summed E-state index contributed by atoms with van der Waals surface area (Å²) in [5, 5.41) is 6.52. The maximum Gasteiger partial charge on any atom is 0.331 e. The number of nitrogens with one attached hydrogen (secondary N) is 1. The molecule has 1 amide bonds. The van der Waals surface area contributed by atoms with E-state index in [0.717, 1.165) is 15.2 Å². The highest BCUT2D eigenvalue weighted by molar-refractivity contribution is 5.92. The third-order valence-corrected chi connectivity index (χ3v) is 3.55. The van der Waals surface area contributed by atoms with Gasteiger partial charge in [-0.3, -0.25) is 18.7 Å². The van der Waals surface area contributed by atoms with Gasteiger partial charge in [0.15, 0.2) is 5.82 Å². The Balaban J connectivity index is 2.19. The molecule has 0 spiro atoms. The summed E-state index contributed by atoms with van der Waals surface area (Å²) >= 11 is 0. The Labute approximate surface area is 138 Å². The van der Waals surface area contributed by atoms with Crippen LogP contribution < -0.4 is 16.6 Å². The predicted octanol–water partition coefficient (Wildman–Crippen LogP) is 0.157. The molecule has 2 heterocycles. The standard InChI is InChI=1S/C15H21N5O4/c1-8(2)6-11-17-14(24-18-11)9(3)16-13(22)10-7-12(21)20(5)15(23)19(10)4/h7-9H,6H2,1-5H3,(H,16,22). The van der Waals surface area contributed by atoms with Crippen LogP contribution in [0.15, 0.2) is 20.2 Å². The second-order valence-corrected chi connectivity index (χ2v) is 6.11. The van der Waals surface area contributed by atoms with Crippen LogP contribution in [0.25, 0.3) is 0 Å². The number of rotatable bonds is 5. The Morgan fingerprint density at radius 2 is 1.92 bits per heavy atom. The Kier molecular flexibility index (Phi) is 5.01. The first-order valence-corrected chi connectivity index (χ1v) is 7.61. The van der Waals surface area contributed by atoms with Gasteiger partial charge < -0.3 is 9.84 Å². The van der Waals surface area contributed by atoms with E-state index in [1.165, 1.54) is 14.1 Å². The van der Waals surface area contributed by atoms with Crippen molar-refractivity contribution in [3.8, 4) is 0 Å². The zero-order valence-corrected chi connectivity index (χ0v) is 14.4. The summed E-state index contributed by atoms with van der Waals surface area (Å²) in [4.78, 5) is 40.2. The van der Waals surface area contributed by atoms with Gasteiger partial charge in [0, 0.05) is 26.6 Å². The van der Waals surface area contributed by atoms with Gasteiger partial charge in [-0.1, -0.05) is 19.0 Å². The minimum atomic E-state index is -0.572. The summed E-state index contributed by atoms with van der Waals surface area (Å²) < 4.78 is 7.19. The number of amides is 1. The van der Waals surface area contributed by atoms with Gasteiger partial charge in [-0.25, -0.2) is 4.79 Å². The third kappa shape index (κ3) is 3.61. The van der Waals surface area contributed by atoms with Gasteiger partial charge >= 0.3 is 5.69 Å². The molecule has 1 atom stereocenters. The molecule has 0 bridgehead atoms. The van der Waals surface area contributed by atoms with Crippen molar-refractivity contribution in [1.29, 1.82) is 0 Å². The van der Waals surface area contributed by atoms with E-state index in [1.54, 1.807) is 6.92 Å². The topological polar surface area (TPSA) is 112 Å². The Hall–Kier alpha value is -2.71. The van der Waals surface area contributed by atoms with E-state index in [2.05, 4.69) is 15.5 Å². The average molecular weight is 335 g/mol. The summed E-state index contributed by atoms with van der Waals surface area (Å²) in [5.41, 5.74) is -1.15. The highest BCUT2D eigenvalue weighted by Gasteiger charge is 2.20. The van der Waals surface area contributed by atoms with Gasteiger partial charge in [0.2, 0.25) is 5.89 Å². The fourth-order valence-electron chi connectivity index (χ4n) is 2.17. The molecule has 0 aliphatic carbocycles. The maximum atomic E-state index is 12.3.